The van der Waals surface area contributed by atoms with Gasteiger partial charge in [-0.1, -0.05) is 25.5 Å². The van der Waals surface area contributed by atoms with Gasteiger partial charge in [0.25, 0.3) is 5.91 Å². The highest BCUT2D eigenvalue weighted by Crippen LogP contribution is 2.47. The van der Waals surface area contributed by atoms with Gasteiger partial charge in [-0.15, -0.1) is 0 Å². The van der Waals surface area contributed by atoms with Gasteiger partial charge < -0.3 is 5.32 Å². The maximum absolute atomic E-state index is 12.5. The fourth-order valence-corrected chi connectivity index (χ4v) is 3.99. The van der Waals surface area contributed by atoms with Gasteiger partial charge in [-0.3, -0.25) is 9.69 Å². The second kappa shape index (κ2) is 7.40. The second-order valence-electron chi connectivity index (χ2n) is 8.63. The van der Waals surface area contributed by atoms with Crippen molar-refractivity contribution in [1.29, 1.82) is 5.26 Å². The first-order valence-corrected chi connectivity index (χ1v) is 9.95. The Labute approximate surface area is 157 Å². The normalized spacial score (nSPS) is 22.5. The zero-order valence-electron chi connectivity index (χ0n) is 16.3. The van der Waals surface area contributed by atoms with Gasteiger partial charge >= 0.3 is 0 Å². The van der Waals surface area contributed by atoms with Crippen molar-refractivity contribution in [2.24, 2.45) is 5.92 Å². The minimum Gasteiger partial charge on any atom is -0.350 e. The first-order chi connectivity index (χ1) is 12.4. The van der Waals surface area contributed by atoms with Gasteiger partial charge in [-0.2, -0.15) is 5.26 Å². The van der Waals surface area contributed by atoms with E-state index in [1.165, 1.54) is 19.3 Å². The van der Waals surface area contributed by atoms with Gasteiger partial charge in [-0.05, 0) is 69.7 Å². The van der Waals surface area contributed by atoms with Crippen molar-refractivity contribution in [3.63, 3.8) is 0 Å². The molecule has 1 saturated carbocycles. The monoisotopic (exact) mass is 353 g/mol. The van der Waals surface area contributed by atoms with E-state index in [2.05, 4.69) is 37.1 Å². The molecule has 2 fully saturated rings. The van der Waals surface area contributed by atoms with Crippen LogP contribution in [-0.4, -0.2) is 36.0 Å². The van der Waals surface area contributed by atoms with Crippen molar-refractivity contribution in [3.8, 4) is 6.07 Å². The molecule has 1 amide bonds. The number of piperidine rings is 1. The zero-order valence-corrected chi connectivity index (χ0v) is 16.3. The quantitative estimate of drug-likeness (QED) is 0.844. The van der Waals surface area contributed by atoms with Crippen LogP contribution in [0.15, 0.2) is 24.3 Å². The number of carbonyl (C=O) groups is 1. The van der Waals surface area contributed by atoms with E-state index in [1.807, 2.05) is 24.3 Å². The number of carbonyl (C=O) groups excluding carboxylic acids is 1. The van der Waals surface area contributed by atoms with Crippen LogP contribution in [0.5, 0.6) is 0 Å². The number of rotatable bonds is 6. The summed E-state index contributed by atoms with van der Waals surface area (Å²) >= 11 is 0. The minimum absolute atomic E-state index is 0.0320. The largest absolute Gasteiger partial charge is 0.350 e. The summed E-state index contributed by atoms with van der Waals surface area (Å²) in [7, 11) is 0. The molecular formula is C22H31N3O. The Kier molecular flexibility index (Phi) is 5.39. The number of nitriles is 1. The van der Waals surface area contributed by atoms with Crippen LogP contribution in [0, 0.1) is 17.2 Å². The summed E-state index contributed by atoms with van der Waals surface area (Å²) in [6, 6.07) is 9.98. The topological polar surface area (TPSA) is 56.1 Å². The molecule has 0 spiro atoms. The van der Waals surface area contributed by atoms with Gasteiger partial charge in [-0.25, -0.2) is 0 Å². The lowest BCUT2D eigenvalue weighted by molar-refractivity contribution is 0.0612. The molecule has 1 aliphatic carbocycles. The molecule has 0 radical (unpaired) electrons. The molecule has 1 N–H and O–H groups in total. The average molecular weight is 354 g/mol. The van der Waals surface area contributed by atoms with Gasteiger partial charge in [0.05, 0.1) is 11.5 Å². The maximum Gasteiger partial charge on any atom is 0.251 e. The molecule has 1 aromatic carbocycles. The standard InChI is InChI=1S/C22H31N3O/c1-4-17-6-5-13-25(14-17)21(2,3)16-24-20(26)18-7-9-19(10-8-18)22(15-23)11-12-22/h7-10,17H,4-6,11-14,16H2,1-3H3,(H,24,26). The lowest BCUT2D eigenvalue weighted by Crippen LogP contribution is -2.54. The third-order valence-electron chi connectivity index (χ3n) is 6.30. The molecular weight excluding hydrogens is 322 g/mol. The van der Waals surface area contributed by atoms with Crippen molar-refractivity contribution in [2.45, 2.75) is 63.8 Å². The Bertz CT molecular complexity index is 682. The number of nitrogens with zero attached hydrogens (tertiary/aromatic N) is 2. The summed E-state index contributed by atoms with van der Waals surface area (Å²) in [6.45, 7) is 9.60. The molecule has 1 aliphatic heterocycles. The molecule has 1 aromatic rings. The van der Waals surface area contributed by atoms with E-state index in [-0.39, 0.29) is 16.9 Å². The third-order valence-corrected chi connectivity index (χ3v) is 6.30. The summed E-state index contributed by atoms with van der Waals surface area (Å²) in [5, 5.41) is 12.4. The smallest absolute Gasteiger partial charge is 0.251 e. The Morgan fingerprint density at radius 3 is 2.62 bits per heavy atom. The first-order valence-electron chi connectivity index (χ1n) is 9.95. The van der Waals surface area contributed by atoms with Crippen LogP contribution in [-0.2, 0) is 5.41 Å². The third kappa shape index (κ3) is 3.94. The highest BCUT2D eigenvalue weighted by Gasteiger charge is 2.44. The molecule has 3 rings (SSSR count). The summed E-state index contributed by atoms with van der Waals surface area (Å²) in [4.78, 5) is 15.1. The van der Waals surface area contributed by atoms with Gasteiger partial charge in [0.2, 0.25) is 0 Å². The van der Waals surface area contributed by atoms with E-state index in [0.717, 1.165) is 37.4 Å². The van der Waals surface area contributed by atoms with E-state index in [0.29, 0.717) is 12.1 Å². The van der Waals surface area contributed by atoms with Gasteiger partial charge in [0.15, 0.2) is 0 Å². The van der Waals surface area contributed by atoms with Crippen LogP contribution in [0.2, 0.25) is 0 Å². The van der Waals surface area contributed by atoms with Crippen molar-refractivity contribution in [2.75, 3.05) is 19.6 Å². The van der Waals surface area contributed by atoms with E-state index in [4.69, 9.17) is 0 Å². The Balaban J connectivity index is 1.57. The SMILES string of the molecule is CCC1CCCN(C(C)(C)CNC(=O)c2ccc(C3(C#N)CC3)cc2)C1. The number of nitrogens with one attached hydrogen (secondary N) is 1. The molecule has 1 unspecified atom stereocenters. The van der Waals surface area contributed by atoms with Gasteiger partial charge in [0.1, 0.15) is 0 Å². The lowest BCUT2D eigenvalue weighted by Gasteiger charge is -2.43. The molecule has 2 aliphatic rings. The number of likely N-dealkylation sites (tertiary alicyclic amines) is 1. The first kappa shape index (κ1) is 18.9. The summed E-state index contributed by atoms with van der Waals surface area (Å²) in [5.74, 6) is 0.747. The van der Waals surface area contributed by atoms with Gasteiger partial charge in [0, 0.05) is 24.2 Å². The van der Waals surface area contributed by atoms with Crippen LogP contribution in [0.3, 0.4) is 0 Å². The molecule has 4 nitrogen and oxygen atoms in total. The minimum atomic E-state index is -0.291. The summed E-state index contributed by atoms with van der Waals surface area (Å²) < 4.78 is 0. The van der Waals surface area contributed by atoms with E-state index < -0.39 is 0 Å². The van der Waals surface area contributed by atoms with E-state index in [1.54, 1.807) is 0 Å². The summed E-state index contributed by atoms with van der Waals surface area (Å²) in [6.07, 6.45) is 5.66. The fraction of sp³-hybridized carbons (Fsp3) is 0.636. The number of hydrogen-bond donors (Lipinski definition) is 1. The number of hydrogen-bond acceptors (Lipinski definition) is 3. The Morgan fingerprint density at radius 2 is 2.04 bits per heavy atom. The number of benzene rings is 1. The fourth-order valence-electron chi connectivity index (χ4n) is 3.99. The Morgan fingerprint density at radius 1 is 1.35 bits per heavy atom. The van der Waals surface area contributed by atoms with Crippen LogP contribution < -0.4 is 5.32 Å². The number of amides is 1. The molecule has 0 aromatic heterocycles. The van der Waals surface area contributed by atoms with Crippen molar-refractivity contribution >= 4 is 5.91 Å². The van der Waals surface area contributed by atoms with Crippen LogP contribution in [0.25, 0.3) is 0 Å². The van der Waals surface area contributed by atoms with Crippen LogP contribution in [0.4, 0.5) is 0 Å². The van der Waals surface area contributed by atoms with Crippen molar-refractivity contribution < 1.29 is 4.79 Å². The average Bonchev–Trinajstić information content (AvgIpc) is 3.47. The summed E-state index contributed by atoms with van der Waals surface area (Å²) in [5.41, 5.74) is 1.38. The van der Waals surface area contributed by atoms with E-state index in [9.17, 15) is 10.1 Å². The van der Waals surface area contributed by atoms with Crippen molar-refractivity contribution in [3.05, 3.63) is 35.4 Å². The second-order valence-corrected chi connectivity index (χ2v) is 8.63. The molecule has 4 heteroatoms. The molecule has 1 atom stereocenters. The zero-order chi connectivity index (χ0) is 18.8. The predicted octanol–water partition coefficient (Wildman–Crippen LogP) is 3.87. The highest BCUT2D eigenvalue weighted by atomic mass is 16.1. The highest BCUT2D eigenvalue weighted by molar-refractivity contribution is 5.94. The molecule has 1 saturated heterocycles. The lowest BCUT2D eigenvalue weighted by atomic mass is 9.91. The predicted molar refractivity (Wildman–Crippen MR) is 104 cm³/mol. The maximum atomic E-state index is 12.5. The molecule has 0 bridgehead atoms. The molecule has 26 heavy (non-hydrogen) atoms. The van der Waals surface area contributed by atoms with E-state index >= 15 is 0 Å². The van der Waals surface area contributed by atoms with Crippen LogP contribution >= 0.6 is 0 Å². The van der Waals surface area contributed by atoms with Crippen LogP contribution in [0.1, 0.15) is 68.8 Å². The van der Waals surface area contributed by atoms with Crippen molar-refractivity contribution in [1.82, 2.24) is 10.2 Å². The molecule has 140 valence electrons. The Hall–Kier alpha value is -1.86. The molecule has 1 heterocycles.